The number of ether oxygens (including phenoxy) is 2. The van der Waals surface area contributed by atoms with Crippen LogP contribution in [0.15, 0.2) is 47.8 Å². The van der Waals surface area contributed by atoms with Crippen molar-refractivity contribution in [1.82, 2.24) is 0 Å². The van der Waals surface area contributed by atoms with E-state index in [9.17, 15) is 14.9 Å². The molecule has 0 saturated heterocycles. The van der Waals surface area contributed by atoms with Gasteiger partial charge < -0.3 is 14.8 Å². The van der Waals surface area contributed by atoms with Gasteiger partial charge in [0, 0.05) is 12.1 Å². The lowest BCUT2D eigenvalue weighted by atomic mass is 10.2. The Morgan fingerprint density at radius 1 is 1.10 bits per heavy atom. The molecule has 0 radical (unpaired) electrons. The lowest BCUT2D eigenvalue weighted by molar-refractivity contribution is -0.385. The van der Waals surface area contributed by atoms with Crippen LogP contribution >= 0.6 is 34.5 Å². The maximum atomic E-state index is 12.8. The molecule has 0 spiro atoms. The third-order valence-corrected chi connectivity index (χ3v) is 5.25. The summed E-state index contributed by atoms with van der Waals surface area (Å²) in [4.78, 5) is 23.7. The van der Waals surface area contributed by atoms with Crippen LogP contribution in [0.25, 0.3) is 0 Å². The molecule has 156 valence electrons. The largest absolute Gasteiger partial charge is 0.489 e. The van der Waals surface area contributed by atoms with E-state index in [1.165, 1.54) is 24.3 Å². The smallest absolute Gasteiger partial charge is 0.311 e. The van der Waals surface area contributed by atoms with Crippen molar-refractivity contribution in [3.05, 3.63) is 72.9 Å². The minimum absolute atomic E-state index is 0.0343. The first-order valence-corrected chi connectivity index (χ1v) is 10.4. The molecule has 2 aromatic carbocycles. The van der Waals surface area contributed by atoms with E-state index < -0.39 is 10.8 Å². The maximum Gasteiger partial charge on any atom is 0.311 e. The number of halogens is 2. The first-order valence-electron chi connectivity index (χ1n) is 8.72. The summed E-state index contributed by atoms with van der Waals surface area (Å²) < 4.78 is 11.3. The summed E-state index contributed by atoms with van der Waals surface area (Å²) in [5.41, 5.74) is 0.109. The standard InChI is InChI=1S/C20H16Cl2N2O5S/c1-11(2)28-18-10-14(12(21)9-13(18)22)23-20(25)19-17(7-8-30-19)29-16-6-4-3-5-15(16)24(26)27/h3-11H,1-2H3,(H,23,25). The zero-order valence-corrected chi connectivity index (χ0v) is 18.2. The fraction of sp³-hybridized carbons (Fsp3) is 0.150. The molecule has 7 nitrogen and oxygen atoms in total. The summed E-state index contributed by atoms with van der Waals surface area (Å²) in [7, 11) is 0. The zero-order chi connectivity index (χ0) is 21.8. The monoisotopic (exact) mass is 466 g/mol. The van der Waals surface area contributed by atoms with E-state index in [0.29, 0.717) is 16.5 Å². The summed E-state index contributed by atoms with van der Waals surface area (Å²) in [6.07, 6.45) is -0.119. The van der Waals surface area contributed by atoms with Gasteiger partial charge in [-0.05, 0) is 37.4 Å². The molecule has 1 amide bonds. The van der Waals surface area contributed by atoms with E-state index in [2.05, 4.69) is 5.32 Å². The molecule has 0 aliphatic heterocycles. The van der Waals surface area contributed by atoms with Gasteiger partial charge in [0.2, 0.25) is 5.75 Å². The molecule has 0 unspecified atom stereocenters. The minimum Gasteiger partial charge on any atom is -0.489 e. The number of amides is 1. The second-order valence-corrected chi connectivity index (χ2v) is 8.05. The number of benzene rings is 2. The van der Waals surface area contributed by atoms with Crippen LogP contribution in [-0.2, 0) is 0 Å². The highest BCUT2D eigenvalue weighted by atomic mass is 35.5. The SMILES string of the molecule is CC(C)Oc1cc(NC(=O)c2sccc2Oc2ccccc2[N+](=O)[O-])c(Cl)cc1Cl. The van der Waals surface area contributed by atoms with E-state index in [4.69, 9.17) is 32.7 Å². The second-order valence-electron chi connectivity index (χ2n) is 6.32. The average molecular weight is 467 g/mol. The Bertz CT molecular complexity index is 1100. The molecule has 1 aromatic heterocycles. The highest BCUT2D eigenvalue weighted by Gasteiger charge is 2.21. The first kappa shape index (κ1) is 21.9. The average Bonchev–Trinajstić information content (AvgIpc) is 3.13. The predicted octanol–water partition coefficient (Wildman–Crippen LogP) is 6.79. The number of nitrogens with zero attached hydrogens (tertiary/aromatic N) is 1. The molecule has 0 aliphatic rings. The molecule has 3 aromatic rings. The van der Waals surface area contributed by atoms with Gasteiger partial charge in [-0.2, -0.15) is 0 Å². The molecular weight excluding hydrogens is 451 g/mol. The zero-order valence-electron chi connectivity index (χ0n) is 15.8. The molecule has 30 heavy (non-hydrogen) atoms. The molecule has 0 fully saturated rings. The lowest BCUT2D eigenvalue weighted by Gasteiger charge is -2.14. The number of carbonyl (C=O) groups is 1. The molecule has 0 bridgehead atoms. The van der Waals surface area contributed by atoms with Crippen molar-refractivity contribution >= 4 is 51.8 Å². The van der Waals surface area contributed by atoms with E-state index in [-0.39, 0.29) is 33.2 Å². The number of nitro groups is 1. The molecule has 1 N–H and O–H groups in total. The summed E-state index contributed by atoms with van der Waals surface area (Å²) in [5.74, 6) is 0.120. The van der Waals surface area contributed by atoms with Crippen molar-refractivity contribution in [1.29, 1.82) is 0 Å². The number of hydrogen-bond acceptors (Lipinski definition) is 6. The van der Waals surface area contributed by atoms with Crippen molar-refractivity contribution in [3.8, 4) is 17.2 Å². The number of hydrogen-bond donors (Lipinski definition) is 1. The molecule has 3 rings (SSSR count). The number of rotatable bonds is 7. The van der Waals surface area contributed by atoms with Crippen LogP contribution in [0.5, 0.6) is 17.2 Å². The van der Waals surface area contributed by atoms with Gasteiger partial charge in [0.05, 0.1) is 26.8 Å². The van der Waals surface area contributed by atoms with Crippen LogP contribution in [-0.4, -0.2) is 16.9 Å². The minimum atomic E-state index is -0.550. The van der Waals surface area contributed by atoms with Crippen LogP contribution < -0.4 is 14.8 Å². The highest BCUT2D eigenvalue weighted by Crippen LogP contribution is 2.37. The number of para-hydroxylation sites is 2. The Morgan fingerprint density at radius 2 is 1.83 bits per heavy atom. The Hall–Kier alpha value is -2.81. The number of nitro benzene ring substituents is 1. The van der Waals surface area contributed by atoms with Crippen molar-refractivity contribution < 1.29 is 19.2 Å². The second kappa shape index (κ2) is 9.34. The first-order chi connectivity index (χ1) is 14.3. The number of thiophene rings is 1. The third kappa shape index (κ3) is 5.02. The quantitative estimate of drug-likeness (QED) is 0.305. The van der Waals surface area contributed by atoms with E-state index in [0.717, 1.165) is 11.3 Å². The normalized spacial score (nSPS) is 10.7. The van der Waals surface area contributed by atoms with Gasteiger partial charge in [0.1, 0.15) is 10.6 Å². The summed E-state index contributed by atoms with van der Waals surface area (Å²) in [5, 5.41) is 16.1. The van der Waals surface area contributed by atoms with Crippen LogP contribution in [0.1, 0.15) is 23.5 Å². The summed E-state index contributed by atoms with van der Waals surface area (Å²) in [6, 6.07) is 10.5. The molecule has 0 atom stereocenters. The molecule has 1 heterocycles. The fourth-order valence-electron chi connectivity index (χ4n) is 2.50. The Kier molecular flexibility index (Phi) is 6.81. The van der Waals surface area contributed by atoms with E-state index in [1.807, 2.05) is 13.8 Å². The molecular formula is C20H16Cl2N2O5S. The summed E-state index contributed by atoms with van der Waals surface area (Å²) >= 11 is 13.5. The van der Waals surface area contributed by atoms with Crippen molar-refractivity contribution in [2.75, 3.05) is 5.32 Å². The Balaban J connectivity index is 1.85. The lowest BCUT2D eigenvalue weighted by Crippen LogP contribution is -2.12. The predicted molar refractivity (Wildman–Crippen MR) is 118 cm³/mol. The van der Waals surface area contributed by atoms with Gasteiger partial charge in [-0.25, -0.2) is 0 Å². The van der Waals surface area contributed by atoms with Crippen molar-refractivity contribution in [2.45, 2.75) is 20.0 Å². The molecule has 0 saturated carbocycles. The number of nitrogens with one attached hydrogen (secondary N) is 1. The maximum absolute atomic E-state index is 12.8. The fourth-order valence-corrected chi connectivity index (χ4v) is 3.69. The van der Waals surface area contributed by atoms with Crippen LogP contribution in [0.4, 0.5) is 11.4 Å². The van der Waals surface area contributed by atoms with Gasteiger partial charge in [0.15, 0.2) is 5.75 Å². The van der Waals surface area contributed by atoms with Gasteiger partial charge in [0.25, 0.3) is 5.91 Å². The topological polar surface area (TPSA) is 90.7 Å². The van der Waals surface area contributed by atoms with Crippen LogP contribution in [0, 0.1) is 10.1 Å². The van der Waals surface area contributed by atoms with Crippen molar-refractivity contribution in [3.63, 3.8) is 0 Å². The van der Waals surface area contributed by atoms with Gasteiger partial charge in [-0.15, -0.1) is 11.3 Å². The van der Waals surface area contributed by atoms with Crippen molar-refractivity contribution in [2.24, 2.45) is 0 Å². The number of anilines is 1. The van der Waals surface area contributed by atoms with Gasteiger partial charge in [-0.1, -0.05) is 35.3 Å². The van der Waals surface area contributed by atoms with Gasteiger partial charge in [-0.3, -0.25) is 14.9 Å². The van der Waals surface area contributed by atoms with Crippen LogP contribution in [0.3, 0.4) is 0 Å². The van der Waals surface area contributed by atoms with Gasteiger partial charge >= 0.3 is 5.69 Å². The van der Waals surface area contributed by atoms with E-state index in [1.54, 1.807) is 23.6 Å². The highest BCUT2D eigenvalue weighted by molar-refractivity contribution is 7.12. The summed E-state index contributed by atoms with van der Waals surface area (Å²) in [6.45, 7) is 3.70. The Labute approximate surface area is 186 Å². The van der Waals surface area contributed by atoms with E-state index >= 15 is 0 Å². The third-order valence-electron chi connectivity index (χ3n) is 3.75. The molecule has 10 heteroatoms. The Morgan fingerprint density at radius 3 is 2.53 bits per heavy atom. The number of carbonyl (C=O) groups excluding carboxylic acids is 1. The van der Waals surface area contributed by atoms with Crippen LogP contribution in [0.2, 0.25) is 10.0 Å². The molecule has 0 aliphatic carbocycles.